The Bertz CT molecular complexity index is 204. The van der Waals surface area contributed by atoms with Gasteiger partial charge >= 0.3 is 14.5 Å². The van der Waals surface area contributed by atoms with E-state index >= 15 is 0 Å². The molecule has 0 radical (unpaired) electrons. The first-order chi connectivity index (χ1) is 6.51. The van der Waals surface area contributed by atoms with Gasteiger partial charge in [-0.1, -0.05) is 6.58 Å². The van der Waals surface area contributed by atoms with E-state index in [2.05, 4.69) is 6.58 Å². The van der Waals surface area contributed by atoms with Gasteiger partial charge in [0, 0.05) is 19.8 Å². The molecule has 0 aliphatic rings. The van der Waals surface area contributed by atoms with Crippen molar-refractivity contribution >= 4 is 14.5 Å². The lowest BCUT2D eigenvalue weighted by molar-refractivity contribution is -0.138. The molecule has 6 heteroatoms. The van der Waals surface area contributed by atoms with Gasteiger partial charge in [-0.05, 0) is 6.92 Å². The smallest absolute Gasteiger partial charge is 0.403 e. The van der Waals surface area contributed by atoms with Crippen molar-refractivity contribution in [1.82, 2.24) is 0 Å². The Morgan fingerprint density at radius 3 is 2.21 bits per heavy atom. The normalized spacial score (nSPS) is 11.1. The predicted octanol–water partition coefficient (Wildman–Crippen LogP) is -0.0886. The molecular formula is C8H16O5Si. The van der Waals surface area contributed by atoms with Crippen LogP contribution in [0.15, 0.2) is 12.2 Å². The van der Waals surface area contributed by atoms with E-state index < -0.39 is 14.5 Å². The maximum atomic E-state index is 11.0. The first kappa shape index (κ1) is 13.3. The lowest BCUT2D eigenvalue weighted by Crippen LogP contribution is -2.50. The molecule has 0 saturated heterocycles. The van der Waals surface area contributed by atoms with E-state index in [1.165, 1.54) is 14.2 Å². The molecule has 0 rings (SSSR count). The van der Waals surface area contributed by atoms with Crippen molar-refractivity contribution in [1.29, 1.82) is 0 Å². The summed E-state index contributed by atoms with van der Waals surface area (Å²) in [5.74, 6) is -0.510. The number of esters is 1. The zero-order chi connectivity index (χ0) is 11.2. The van der Waals surface area contributed by atoms with Gasteiger partial charge < -0.3 is 18.7 Å². The number of hydrogen-bond donors (Lipinski definition) is 1. The van der Waals surface area contributed by atoms with Crippen LogP contribution in [-0.2, 0) is 18.4 Å². The third-order valence-corrected chi connectivity index (χ3v) is 4.31. The maximum Gasteiger partial charge on any atom is 0.403 e. The molecule has 0 aromatic rings. The summed E-state index contributed by atoms with van der Waals surface area (Å²) in [6.45, 7) is 4.98. The minimum absolute atomic E-state index is 0.0395. The molecule has 0 heterocycles. The van der Waals surface area contributed by atoms with Crippen molar-refractivity contribution in [3.63, 3.8) is 0 Å². The third-order valence-electron chi connectivity index (χ3n) is 1.76. The summed E-state index contributed by atoms with van der Waals surface area (Å²) >= 11 is 0. The Hall–Kier alpha value is -0.693. The summed E-state index contributed by atoms with van der Waals surface area (Å²) in [7, 11) is 0.0798. The lowest BCUT2D eigenvalue weighted by Gasteiger charge is -2.24. The molecule has 5 nitrogen and oxygen atoms in total. The third kappa shape index (κ3) is 3.58. The molecule has 82 valence electrons. The Labute approximate surface area is 84.5 Å². The molecule has 0 unspecified atom stereocenters. The fraction of sp³-hybridized carbons (Fsp3) is 0.625. The van der Waals surface area contributed by atoms with Crippen molar-refractivity contribution < 1.29 is 23.5 Å². The Balaban J connectivity index is 4.19. The van der Waals surface area contributed by atoms with Gasteiger partial charge in [0.15, 0.2) is 0 Å². The highest BCUT2D eigenvalue weighted by Crippen LogP contribution is 2.05. The van der Waals surface area contributed by atoms with E-state index in [1.807, 2.05) is 0 Å². The van der Waals surface area contributed by atoms with E-state index in [9.17, 15) is 4.79 Å². The van der Waals surface area contributed by atoms with Crippen LogP contribution in [0.25, 0.3) is 0 Å². The highest BCUT2D eigenvalue weighted by molar-refractivity contribution is 6.67. The first-order valence-corrected chi connectivity index (χ1v) is 6.28. The summed E-state index contributed by atoms with van der Waals surface area (Å²) in [4.78, 5) is 11.0. The molecule has 0 saturated carbocycles. The quantitative estimate of drug-likeness (QED) is 0.385. The van der Waals surface area contributed by atoms with Gasteiger partial charge in [-0.15, -0.1) is 0 Å². The first-order valence-electron chi connectivity index (χ1n) is 4.05. The number of hydrogen-bond acceptors (Lipinski definition) is 5. The summed E-state index contributed by atoms with van der Waals surface area (Å²) in [6.07, 6.45) is -0.300. The predicted molar refractivity (Wildman–Crippen MR) is 52.6 cm³/mol. The van der Waals surface area contributed by atoms with E-state index in [-0.39, 0.29) is 12.5 Å². The van der Waals surface area contributed by atoms with E-state index in [0.717, 1.165) is 0 Å². The van der Waals surface area contributed by atoms with Gasteiger partial charge in [0.25, 0.3) is 0 Å². The summed E-state index contributed by atoms with van der Waals surface area (Å²) in [5.41, 5.74) is 0.304. The van der Waals surface area contributed by atoms with Crippen LogP contribution >= 0.6 is 0 Å². The van der Waals surface area contributed by atoms with Crippen molar-refractivity contribution in [2.45, 2.75) is 6.92 Å². The van der Waals surface area contributed by atoms with Crippen LogP contribution in [0.5, 0.6) is 0 Å². The molecule has 0 aromatic carbocycles. The summed E-state index contributed by atoms with van der Waals surface area (Å²) in [5, 5.41) is 9.03. The number of aliphatic hydroxyl groups is 1. The van der Waals surface area contributed by atoms with Gasteiger partial charge in [-0.3, -0.25) is 0 Å². The second kappa shape index (κ2) is 5.92. The fourth-order valence-corrected chi connectivity index (χ4v) is 1.78. The second-order valence-electron chi connectivity index (χ2n) is 2.83. The van der Waals surface area contributed by atoms with Crippen molar-refractivity contribution in [2.75, 3.05) is 26.7 Å². The number of aliphatic hydroxyl groups excluding tert-OH is 1. The zero-order valence-corrected chi connectivity index (χ0v) is 9.70. The summed E-state index contributed by atoms with van der Waals surface area (Å²) < 4.78 is 14.9. The molecule has 0 atom stereocenters. The topological polar surface area (TPSA) is 65.0 Å². The molecule has 0 spiro atoms. The van der Waals surface area contributed by atoms with Crippen LogP contribution < -0.4 is 0 Å². The Morgan fingerprint density at radius 1 is 1.43 bits per heavy atom. The van der Waals surface area contributed by atoms with Crippen molar-refractivity contribution in [3.8, 4) is 0 Å². The molecule has 0 aromatic heterocycles. The lowest BCUT2D eigenvalue weighted by atomic mass is 10.4. The minimum atomic E-state index is -2.75. The molecule has 0 aliphatic carbocycles. The molecule has 0 fully saturated rings. The largest absolute Gasteiger partial charge is 0.460 e. The molecular weight excluding hydrogens is 204 g/mol. The minimum Gasteiger partial charge on any atom is -0.460 e. The van der Waals surface area contributed by atoms with Crippen LogP contribution in [0.1, 0.15) is 6.92 Å². The highest BCUT2D eigenvalue weighted by atomic mass is 28.4. The summed E-state index contributed by atoms with van der Waals surface area (Å²) in [6, 6.07) is 0. The van der Waals surface area contributed by atoms with Gasteiger partial charge in [0.05, 0.1) is 6.23 Å². The number of carbonyl (C=O) groups excluding carboxylic acids is 1. The number of ether oxygens (including phenoxy) is 1. The van der Waals surface area contributed by atoms with Gasteiger partial charge in [0.1, 0.15) is 6.23 Å². The van der Waals surface area contributed by atoms with E-state index in [1.54, 1.807) is 6.92 Å². The average Bonchev–Trinajstić information content (AvgIpc) is 2.20. The zero-order valence-electron chi connectivity index (χ0n) is 8.70. The van der Waals surface area contributed by atoms with Crippen LogP contribution in [0.3, 0.4) is 0 Å². The van der Waals surface area contributed by atoms with Crippen LogP contribution in [0.4, 0.5) is 0 Å². The maximum absolute atomic E-state index is 11.0. The molecule has 0 aliphatic heterocycles. The Kier molecular flexibility index (Phi) is 5.62. The van der Waals surface area contributed by atoms with Crippen molar-refractivity contribution in [3.05, 3.63) is 12.2 Å². The van der Waals surface area contributed by atoms with Crippen molar-refractivity contribution in [2.24, 2.45) is 0 Å². The van der Waals surface area contributed by atoms with E-state index in [0.29, 0.717) is 5.57 Å². The molecule has 0 bridgehead atoms. The standard InChI is InChI=1S/C8H16O5Si/c1-7(2)8(10)13-6-14(5-9,11-3)12-4/h9H,1,5-6H2,2-4H3. The SMILES string of the molecule is C=C(C)C(=O)OC[Si](CO)(OC)OC. The highest BCUT2D eigenvalue weighted by Gasteiger charge is 2.37. The van der Waals surface area contributed by atoms with Crippen LogP contribution in [-0.4, -0.2) is 46.3 Å². The monoisotopic (exact) mass is 220 g/mol. The van der Waals surface area contributed by atoms with Gasteiger partial charge in [-0.2, -0.15) is 0 Å². The number of rotatable bonds is 6. The fourth-order valence-electron chi connectivity index (χ4n) is 0.675. The second-order valence-corrected chi connectivity index (χ2v) is 6.08. The number of carbonyl (C=O) groups is 1. The molecule has 0 amide bonds. The average molecular weight is 220 g/mol. The van der Waals surface area contributed by atoms with Gasteiger partial charge in [-0.25, -0.2) is 4.79 Å². The van der Waals surface area contributed by atoms with Crippen LogP contribution in [0.2, 0.25) is 0 Å². The Morgan fingerprint density at radius 2 is 1.93 bits per heavy atom. The van der Waals surface area contributed by atoms with E-state index in [4.69, 9.17) is 18.7 Å². The molecule has 1 N–H and O–H groups in total. The molecule has 14 heavy (non-hydrogen) atoms. The van der Waals surface area contributed by atoms with Crippen LogP contribution in [0, 0.1) is 0 Å². The van der Waals surface area contributed by atoms with Gasteiger partial charge in [0.2, 0.25) is 0 Å².